The summed E-state index contributed by atoms with van der Waals surface area (Å²) < 4.78 is 0. The van der Waals surface area contributed by atoms with E-state index in [4.69, 9.17) is 5.73 Å². The van der Waals surface area contributed by atoms with E-state index >= 15 is 0 Å². The molecule has 1 aromatic rings. The van der Waals surface area contributed by atoms with Gasteiger partial charge in [0.05, 0.1) is 5.97 Å². The van der Waals surface area contributed by atoms with Gasteiger partial charge < -0.3 is 31.0 Å². The molecule has 0 aliphatic rings. The van der Waals surface area contributed by atoms with Crippen LogP contribution in [0.15, 0.2) is 24.3 Å². The van der Waals surface area contributed by atoms with Crippen LogP contribution in [0, 0.1) is 0 Å². The minimum atomic E-state index is -1.18. The largest absolute Gasteiger partial charge is 4.00 e. The van der Waals surface area contributed by atoms with Crippen molar-refractivity contribution in [3.05, 3.63) is 29.8 Å². The molecule has 7 heteroatoms. The van der Waals surface area contributed by atoms with Crippen LogP contribution in [0.1, 0.15) is 51.9 Å². The minimum absolute atomic E-state index is 0. The van der Waals surface area contributed by atoms with E-state index in [0.29, 0.717) is 5.69 Å². The third kappa shape index (κ3) is 44.9. The third-order valence-corrected chi connectivity index (χ3v) is 1.15. The van der Waals surface area contributed by atoms with Gasteiger partial charge in [-0.25, -0.2) is 0 Å². The summed E-state index contributed by atoms with van der Waals surface area (Å²) >= 11 is 0. The second kappa shape index (κ2) is 19.1. The van der Waals surface area contributed by atoms with Crippen LogP contribution in [0.5, 0.6) is 0 Å². The predicted molar refractivity (Wildman–Crippen MR) is 80.6 cm³/mol. The van der Waals surface area contributed by atoms with Crippen molar-refractivity contribution in [2.45, 2.75) is 59.9 Å². The average molecular weight is 361 g/mol. The molecule has 0 aliphatic carbocycles. The first-order valence-corrected chi connectivity index (χ1v) is 6.94. The third-order valence-electron chi connectivity index (χ3n) is 1.15. The van der Waals surface area contributed by atoms with E-state index in [0.717, 1.165) is 0 Å². The van der Waals surface area contributed by atoms with Crippen LogP contribution in [0.3, 0.4) is 0 Å². The number of carboxylic acids is 1. The summed E-state index contributed by atoms with van der Waals surface area (Å²) in [6.45, 7) is 9.67. The summed E-state index contributed by atoms with van der Waals surface area (Å²) in [5, 5.41) is 38.7. The molecule has 130 valence electrons. The fourth-order valence-corrected chi connectivity index (χ4v) is 0.619. The zero-order valence-corrected chi connectivity index (χ0v) is 16.2. The van der Waals surface area contributed by atoms with Crippen LogP contribution < -0.4 is 26.2 Å². The molecule has 23 heavy (non-hydrogen) atoms. The summed E-state index contributed by atoms with van der Waals surface area (Å²) in [7, 11) is 0. The summed E-state index contributed by atoms with van der Waals surface area (Å²) in [5.41, 5.74) is 6.01. The molecule has 0 unspecified atom stereocenters. The zero-order chi connectivity index (χ0) is 18.3. The molecule has 1 rings (SSSR count). The Kier molecular flexibility index (Phi) is 25.0. The van der Waals surface area contributed by atoms with Crippen molar-refractivity contribution in [2.75, 3.05) is 5.73 Å². The molecule has 0 atom stereocenters. The van der Waals surface area contributed by atoms with Crippen molar-refractivity contribution >= 4 is 11.7 Å². The van der Waals surface area contributed by atoms with Crippen LogP contribution in [-0.2, 0) is 21.7 Å². The van der Waals surface area contributed by atoms with Gasteiger partial charge in [0.2, 0.25) is 0 Å². The van der Waals surface area contributed by atoms with Crippen LogP contribution in [0.2, 0.25) is 0 Å². The number of hydrogen-bond donors (Lipinski definition) is 1. The number of benzene rings is 1. The number of aromatic carboxylic acids is 1. The maximum atomic E-state index is 10.2. The Morgan fingerprint density at radius 3 is 1.22 bits per heavy atom. The second-order valence-corrected chi connectivity index (χ2v) is 5.06. The fraction of sp³-hybridized carbons (Fsp3) is 0.562. The molecule has 0 aromatic heterocycles. The number of rotatable bonds is 1. The molecule has 0 aliphatic heterocycles. The van der Waals surface area contributed by atoms with E-state index in [2.05, 4.69) is 0 Å². The zero-order valence-electron chi connectivity index (χ0n) is 14.7. The van der Waals surface area contributed by atoms with Crippen LogP contribution in [0.4, 0.5) is 5.69 Å². The smallest absolute Gasteiger partial charge is 0.852 e. The summed E-state index contributed by atoms with van der Waals surface area (Å²) in [4.78, 5) is 10.2. The maximum Gasteiger partial charge on any atom is 4.00 e. The van der Waals surface area contributed by atoms with Crippen molar-refractivity contribution < 1.29 is 46.9 Å². The van der Waals surface area contributed by atoms with Gasteiger partial charge in [-0.2, -0.15) is 0 Å². The molecular weight excluding hydrogens is 334 g/mol. The summed E-state index contributed by atoms with van der Waals surface area (Å²) in [6.07, 6.45) is -1.25. The van der Waals surface area contributed by atoms with E-state index in [9.17, 15) is 25.2 Å². The molecule has 0 amide bonds. The first-order valence-electron chi connectivity index (χ1n) is 6.94. The van der Waals surface area contributed by atoms with Crippen LogP contribution in [-0.4, -0.2) is 24.3 Å². The number of carbonyl (C=O) groups is 1. The number of carbonyl (C=O) groups excluding carboxylic acids is 1. The van der Waals surface area contributed by atoms with Gasteiger partial charge in [0.15, 0.2) is 0 Å². The van der Waals surface area contributed by atoms with Gasteiger partial charge in [-0.3, -0.25) is 0 Å². The molecule has 0 bridgehead atoms. The Hall–Kier alpha value is -0.916. The van der Waals surface area contributed by atoms with E-state index in [1.807, 2.05) is 0 Å². The molecule has 0 spiro atoms. The SMILES string of the molecule is CC(C)[O-].CC(C)[O-].CC(C)[O-].Nc1ccc(C(=O)[O-])cc1.[Ti+4]. The van der Waals surface area contributed by atoms with E-state index in [1.54, 1.807) is 41.5 Å². The van der Waals surface area contributed by atoms with E-state index < -0.39 is 24.3 Å². The van der Waals surface area contributed by atoms with Crippen molar-refractivity contribution in [1.82, 2.24) is 0 Å². The number of anilines is 1. The van der Waals surface area contributed by atoms with Gasteiger partial charge in [-0.1, -0.05) is 53.7 Å². The van der Waals surface area contributed by atoms with Gasteiger partial charge in [0, 0.05) is 5.69 Å². The molecule has 1 aromatic carbocycles. The Morgan fingerprint density at radius 1 is 0.826 bits per heavy atom. The molecule has 0 heterocycles. The Morgan fingerprint density at radius 2 is 1.04 bits per heavy atom. The second-order valence-electron chi connectivity index (χ2n) is 5.06. The molecular formula is C16H27NO5Ti. The van der Waals surface area contributed by atoms with Gasteiger partial charge in [-0.05, 0) is 17.7 Å². The Labute approximate surface area is 154 Å². The van der Waals surface area contributed by atoms with Crippen molar-refractivity contribution in [2.24, 2.45) is 0 Å². The first kappa shape index (κ1) is 30.0. The molecule has 2 N–H and O–H groups in total. The molecule has 0 saturated carbocycles. The number of nitrogens with two attached hydrogens (primary N) is 1. The fourth-order valence-electron chi connectivity index (χ4n) is 0.619. The molecule has 0 saturated heterocycles. The van der Waals surface area contributed by atoms with Crippen molar-refractivity contribution in [3.8, 4) is 0 Å². The van der Waals surface area contributed by atoms with Crippen LogP contribution >= 0.6 is 0 Å². The topological polar surface area (TPSA) is 135 Å². The van der Waals surface area contributed by atoms with Gasteiger partial charge in [0.25, 0.3) is 0 Å². The summed E-state index contributed by atoms with van der Waals surface area (Å²) in [5.74, 6) is -1.18. The van der Waals surface area contributed by atoms with Gasteiger partial charge in [-0.15, -0.1) is 18.3 Å². The number of nitrogen functional groups attached to an aromatic ring is 1. The quantitative estimate of drug-likeness (QED) is 0.498. The number of hydrogen-bond acceptors (Lipinski definition) is 6. The van der Waals surface area contributed by atoms with E-state index in [-0.39, 0.29) is 27.3 Å². The maximum absolute atomic E-state index is 10.2. The standard InChI is InChI=1S/C7H7NO2.3C3H7O.Ti/c8-6-3-1-5(2-4-6)7(9)10;3*1-3(2)4;/h1-4H,8H2,(H,9,10);3*3H,1-2H3;/q;3*-1;+4/p-1. The Balaban J connectivity index is -0.000000118. The normalized spacial score (nSPS) is 8.70. The van der Waals surface area contributed by atoms with E-state index in [1.165, 1.54) is 24.3 Å². The molecule has 0 fully saturated rings. The monoisotopic (exact) mass is 361 g/mol. The first-order chi connectivity index (χ1) is 9.89. The van der Waals surface area contributed by atoms with Crippen molar-refractivity contribution in [3.63, 3.8) is 0 Å². The average Bonchev–Trinajstić information content (AvgIpc) is 2.26. The number of carboxylic acid groups (broad SMARTS) is 1. The Bertz CT molecular complexity index is 345. The molecule has 6 nitrogen and oxygen atoms in total. The van der Waals surface area contributed by atoms with Crippen molar-refractivity contribution in [1.29, 1.82) is 0 Å². The van der Waals surface area contributed by atoms with Gasteiger partial charge >= 0.3 is 21.7 Å². The predicted octanol–water partition coefficient (Wildman–Crippen LogP) is -1.10. The van der Waals surface area contributed by atoms with Gasteiger partial charge in [0.1, 0.15) is 0 Å². The molecule has 0 radical (unpaired) electrons. The minimum Gasteiger partial charge on any atom is -0.852 e. The summed E-state index contributed by atoms with van der Waals surface area (Å²) in [6, 6.07) is 5.85. The van der Waals surface area contributed by atoms with Crippen LogP contribution in [0.25, 0.3) is 0 Å².